The summed E-state index contributed by atoms with van der Waals surface area (Å²) in [7, 11) is -1.99. The highest BCUT2D eigenvalue weighted by atomic mass is 35.5. The molecular formula is C16H19ClN4O3S. The first kappa shape index (κ1) is 17.9. The van der Waals surface area contributed by atoms with E-state index in [0.29, 0.717) is 42.9 Å². The van der Waals surface area contributed by atoms with Crippen LogP contribution >= 0.6 is 11.6 Å². The van der Waals surface area contributed by atoms with Crippen molar-refractivity contribution in [1.82, 2.24) is 14.3 Å². The largest absolute Gasteiger partial charge is 0.481 e. The van der Waals surface area contributed by atoms with E-state index in [1.54, 1.807) is 38.3 Å². The Bertz CT molecular complexity index is 867. The third-order valence-corrected chi connectivity index (χ3v) is 6.14. The normalized spacial score (nSPS) is 16.0. The average Bonchev–Trinajstić information content (AvgIpc) is 2.61. The molecule has 0 amide bonds. The van der Waals surface area contributed by atoms with Crippen molar-refractivity contribution in [3.05, 3.63) is 41.2 Å². The number of nitrogens with zero attached hydrogens (tertiary/aromatic N) is 4. The second-order valence-electron chi connectivity index (χ2n) is 5.66. The van der Waals surface area contributed by atoms with E-state index in [1.807, 2.05) is 4.90 Å². The van der Waals surface area contributed by atoms with Crippen LogP contribution in [0, 0.1) is 6.92 Å². The lowest BCUT2D eigenvalue weighted by Crippen LogP contribution is -2.49. The van der Waals surface area contributed by atoms with Crippen molar-refractivity contribution in [3.63, 3.8) is 0 Å². The molecule has 1 aliphatic heterocycles. The second kappa shape index (κ2) is 7.15. The van der Waals surface area contributed by atoms with E-state index in [9.17, 15) is 8.42 Å². The van der Waals surface area contributed by atoms with Crippen LogP contribution in [0.15, 0.2) is 35.2 Å². The number of aryl methyl sites for hydroxylation is 1. The zero-order chi connectivity index (χ0) is 18.0. The average molecular weight is 383 g/mol. The molecule has 0 atom stereocenters. The lowest BCUT2D eigenvalue weighted by Gasteiger charge is -2.34. The van der Waals surface area contributed by atoms with Crippen LogP contribution in [-0.4, -0.2) is 56.0 Å². The van der Waals surface area contributed by atoms with Gasteiger partial charge in [-0.2, -0.15) is 9.29 Å². The predicted molar refractivity (Wildman–Crippen MR) is 95.7 cm³/mol. The maximum absolute atomic E-state index is 12.7. The van der Waals surface area contributed by atoms with Gasteiger partial charge in [0.25, 0.3) is 0 Å². The first-order valence-corrected chi connectivity index (χ1v) is 9.62. The molecule has 0 N–H and O–H groups in total. The first-order chi connectivity index (χ1) is 11.9. The summed E-state index contributed by atoms with van der Waals surface area (Å²) in [6.07, 6.45) is 0. The molecule has 0 aliphatic carbocycles. The number of hydrogen-bond acceptors (Lipinski definition) is 6. The minimum Gasteiger partial charge on any atom is -0.481 e. The van der Waals surface area contributed by atoms with E-state index >= 15 is 0 Å². The lowest BCUT2D eigenvalue weighted by molar-refractivity contribution is 0.380. The van der Waals surface area contributed by atoms with E-state index in [1.165, 1.54) is 10.4 Å². The second-order valence-corrected chi connectivity index (χ2v) is 8.04. The number of halogens is 1. The van der Waals surface area contributed by atoms with Gasteiger partial charge < -0.3 is 9.64 Å². The number of rotatable bonds is 4. The Hall–Kier alpha value is -1.90. The monoisotopic (exact) mass is 382 g/mol. The van der Waals surface area contributed by atoms with Gasteiger partial charge in [-0.3, -0.25) is 0 Å². The summed E-state index contributed by atoms with van der Waals surface area (Å²) in [4.78, 5) is 10.8. The van der Waals surface area contributed by atoms with Gasteiger partial charge >= 0.3 is 0 Å². The van der Waals surface area contributed by atoms with Crippen molar-refractivity contribution in [1.29, 1.82) is 0 Å². The van der Waals surface area contributed by atoms with E-state index < -0.39 is 10.0 Å². The number of ether oxygens (including phenoxy) is 1. The van der Waals surface area contributed by atoms with Crippen LogP contribution in [0.4, 0.5) is 5.82 Å². The van der Waals surface area contributed by atoms with Gasteiger partial charge in [-0.15, -0.1) is 0 Å². The molecule has 25 heavy (non-hydrogen) atoms. The number of hydrogen-bond donors (Lipinski definition) is 0. The Balaban J connectivity index is 1.74. The molecular weight excluding hydrogens is 364 g/mol. The standard InChI is InChI=1S/C16H19ClN4O3S/c1-12-18-15(11-16(19-12)24-2)20-6-8-21(9-7-20)25(22,23)14-5-3-4-13(17)10-14/h3-5,10-11H,6-9H2,1-2H3. The summed E-state index contributed by atoms with van der Waals surface area (Å²) >= 11 is 5.92. The van der Waals surface area contributed by atoms with Gasteiger partial charge in [0.2, 0.25) is 15.9 Å². The fraction of sp³-hybridized carbons (Fsp3) is 0.375. The molecule has 1 aromatic heterocycles. The van der Waals surface area contributed by atoms with Crippen LogP contribution in [0.3, 0.4) is 0 Å². The predicted octanol–water partition coefficient (Wildman–Crippen LogP) is 1.96. The van der Waals surface area contributed by atoms with Gasteiger partial charge in [-0.1, -0.05) is 17.7 Å². The number of aromatic nitrogens is 2. The maximum Gasteiger partial charge on any atom is 0.243 e. The summed E-state index contributed by atoms with van der Waals surface area (Å²) < 4.78 is 32.1. The van der Waals surface area contributed by atoms with Gasteiger partial charge in [0.1, 0.15) is 11.6 Å². The van der Waals surface area contributed by atoms with Crippen LogP contribution in [0.25, 0.3) is 0 Å². The van der Waals surface area contributed by atoms with Gasteiger partial charge in [-0.25, -0.2) is 13.4 Å². The zero-order valence-electron chi connectivity index (χ0n) is 14.0. The van der Waals surface area contributed by atoms with E-state index in [-0.39, 0.29) is 4.90 Å². The molecule has 0 saturated carbocycles. The third-order valence-electron chi connectivity index (χ3n) is 4.01. The summed E-state index contributed by atoms with van der Waals surface area (Å²) in [5.74, 6) is 1.85. The SMILES string of the molecule is COc1cc(N2CCN(S(=O)(=O)c3cccc(Cl)c3)CC2)nc(C)n1. The van der Waals surface area contributed by atoms with Crippen LogP contribution in [0.1, 0.15) is 5.82 Å². The van der Waals surface area contributed by atoms with Crippen LogP contribution < -0.4 is 9.64 Å². The molecule has 3 rings (SSSR count). The van der Waals surface area contributed by atoms with Crippen LogP contribution in [0.2, 0.25) is 5.02 Å². The zero-order valence-corrected chi connectivity index (χ0v) is 15.6. The molecule has 0 bridgehead atoms. The summed E-state index contributed by atoms with van der Waals surface area (Å²) in [6, 6.07) is 8.09. The fourth-order valence-electron chi connectivity index (χ4n) is 2.73. The van der Waals surface area contributed by atoms with Crippen molar-refractivity contribution >= 4 is 27.4 Å². The number of piperazine rings is 1. The summed E-state index contributed by atoms with van der Waals surface area (Å²) in [6.45, 7) is 3.63. The molecule has 7 nitrogen and oxygen atoms in total. The molecule has 0 spiro atoms. The Labute approximate surface area is 152 Å². The number of benzene rings is 1. The molecule has 1 aromatic carbocycles. The van der Waals surface area contributed by atoms with Crippen molar-refractivity contribution < 1.29 is 13.2 Å². The van der Waals surface area contributed by atoms with Crippen LogP contribution in [0.5, 0.6) is 5.88 Å². The van der Waals surface area contributed by atoms with Gasteiger partial charge in [0.05, 0.1) is 12.0 Å². The molecule has 2 heterocycles. The van der Waals surface area contributed by atoms with Crippen molar-refractivity contribution in [2.24, 2.45) is 0 Å². The molecule has 2 aromatic rings. The van der Waals surface area contributed by atoms with E-state index in [4.69, 9.17) is 16.3 Å². The molecule has 1 aliphatic rings. The van der Waals surface area contributed by atoms with Crippen LogP contribution in [-0.2, 0) is 10.0 Å². The highest BCUT2D eigenvalue weighted by Crippen LogP contribution is 2.23. The topological polar surface area (TPSA) is 75.6 Å². The molecule has 0 radical (unpaired) electrons. The van der Waals surface area contributed by atoms with Gasteiger partial charge in [-0.05, 0) is 25.1 Å². The summed E-state index contributed by atoms with van der Waals surface area (Å²) in [5.41, 5.74) is 0. The van der Waals surface area contributed by atoms with Crippen molar-refractivity contribution in [3.8, 4) is 5.88 Å². The number of sulfonamides is 1. The number of anilines is 1. The minimum absolute atomic E-state index is 0.216. The Morgan fingerprint density at radius 2 is 1.84 bits per heavy atom. The van der Waals surface area contributed by atoms with E-state index in [2.05, 4.69) is 9.97 Å². The molecule has 1 fully saturated rings. The minimum atomic E-state index is -3.55. The molecule has 9 heteroatoms. The highest BCUT2D eigenvalue weighted by Gasteiger charge is 2.29. The summed E-state index contributed by atoms with van der Waals surface area (Å²) in [5, 5.41) is 0.406. The molecule has 134 valence electrons. The van der Waals surface area contributed by atoms with Crippen molar-refractivity contribution in [2.45, 2.75) is 11.8 Å². The first-order valence-electron chi connectivity index (χ1n) is 7.80. The van der Waals surface area contributed by atoms with Crippen molar-refractivity contribution in [2.75, 3.05) is 38.2 Å². The Kier molecular flexibility index (Phi) is 5.12. The smallest absolute Gasteiger partial charge is 0.243 e. The fourth-order valence-corrected chi connectivity index (χ4v) is 4.45. The van der Waals surface area contributed by atoms with E-state index in [0.717, 1.165) is 5.82 Å². The van der Waals surface area contributed by atoms with Gasteiger partial charge in [0, 0.05) is 37.3 Å². The maximum atomic E-state index is 12.7. The Morgan fingerprint density at radius 3 is 2.48 bits per heavy atom. The Morgan fingerprint density at radius 1 is 1.12 bits per heavy atom. The third kappa shape index (κ3) is 3.86. The number of methoxy groups -OCH3 is 1. The highest BCUT2D eigenvalue weighted by molar-refractivity contribution is 7.89. The van der Waals surface area contributed by atoms with Gasteiger partial charge in [0.15, 0.2) is 0 Å². The lowest BCUT2D eigenvalue weighted by atomic mass is 10.3. The quantitative estimate of drug-likeness (QED) is 0.804. The molecule has 1 saturated heterocycles. The molecule has 0 unspecified atom stereocenters.